The van der Waals surface area contributed by atoms with Crippen molar-refractivity contribution in [3.05, 3.63) is 41.9 Å². The van der Waals surface area contributed by atoms with Crippen LogP contribution in [0.4, 0.5) is 4.39 Å². The van der Waals surface area contributed by atoms with Gasteiger partial charge in [0.25, 0.3) is 0 Å². The van der Waals surface area contributed by atoms with Crippen LogP contribution in [-0.4, -0.2) is 0 Å². The molecule has 0 saturated carbocycles. The number of para-hydroxylation sites is 1. The Bertz CT molecular complexity index is 273. The number of hydrogen-bond acceptors (Lipinski definition) is 1. The van der Waals surface area contributed by atoms with Crippen molar-refractivity contribution < 1.29 is 9.13 Å². The van der Waals surface area contributed by atoms with Crippen LogP contribution in [0.1, 0.15) is 13.8 Å². The lowest BCUT2D eigenvalue weighted by atomic mass is 10.3. The molecule has 12 heavy (non-hydrogen) atoms. The van der Waals surface area contributed by atoms with Gasteiger partial charge in [0.05, 0.1) is 0 Å². The van der Waals surface area contributed by atoms with Gasteiger partial charge in [0.1, 0.15) is 17.3 Å². The van der Waals surface area contributed by atoms with E-state index < -0.39 is 0 Å². The van der Waals surface area contributed by atoms with Gasteiger partial charge in [-0.2, -0.15) is 0 Å². The summed E-state index contributed by atoms with van der Waals surface area (Å²) in [6.07, 6.45) is 0. The molecule has 64 valence electrons. The van der Waals surface area contributed by atoms with Gasteiger partial charge in [-0.15, -0.1) is 0 Å². The molecule has 1 aromatic rings. The van der Waals surface area contributed by atoms with Crippen LogP contribution in [0.5, 0.6) is 5.75 Å². The van der Waals surface area contributed by atoms with Crippen molar-refractivity contribution in [3.8, 4) is 5.75 Å². The minimum absolute atomic E-state index is 0.293. The Labute approximate surface area is 71.5 Å². The maximum atomic E-state index is 12.5. The molecule has 0 amide bonds. The van der Waals surface area contributed by atoms with E-state index in [1.165, 1.54) is 6.92 Å². The third-order valence-corrected chi connectivity index (χ3v) is 1.50. The van der Waals surface area contributed by atoms with Crippen LogP contribution in [0.25, 0.3) is 0 Å². The fraction of sp³-hybridized carbons (Fsp3) is 0.200. The van der Waals surface area contributed by atoms with Crippen LogP contribution in [0.15, 0.2) is 41.9 Å². The normalized spacial score (nSPS) is 12.2. The second kappa shape index (κ2) is 3.90. The fourth-order valence-electron chi connectivity index (χ4n) is 0.736. The molecule has 0 radical (unpaired) electrons. The molecular weight excluding hydrogens is 155 g/mol. The summed E-state index contributed by atoms with van der Waals surface area (Å²) in [6.45, 7) is 2.97. The average Bonchev–Trinajstić information content (AvgIpc) is 2.06. The molecule has 0 N–H and O–H groups in total. The average molecular weight is 166 g/mol. The largest absolute Gasteiger partial charge is 0.459 e. The Morgan fingerprint density at radius 2 is 1.75 bits per heavy atom. The molecule has 2 heteroatoms. The first-order chi connectivity index (χ1) is 5.70. The molecule has 0 aromatic heterocycles. The number of benzene rings is 1. The van der Waals surface area contributed by atoms with E-state index in [0.29, 0.717) is 11.5 Å². The number of ether oxygens (including phenoxy) is 1. The van der Waals surface area contributed by atoms with Gasteiger partial charge in [-0.3, -0.25) is 0 Å². The van der Waals surface area contributed by atoms with Crippen LogP contribution in [-0.2, 0) is 0 Å². The van der Waals surface area contributed by atoms with E-state index in [1.54, 1.807) is 19.1 Å². The van der Waals surface area contributed by atoms with Crippen molar-refractivity contribution >= 4 is 0 Å². The van der Waals surface area contributed by atoms with E-state index in [-0.39, 0.29) is 5.83 Å². The Morgan fingerprint density at radius 1 is 1.17 bits per heavy atom. The maximum absolute atomic E-state index is 12.5. The van der Waals surface area contributed by atoms with E-state index in [4.69, 9.17) is 4.74 Å². The van der Waals surface area contributed by atoms with Crippen LogP contribution in [0.2, 0.25) is 0 Å². The molecule has 0 bridgehead atoms. The molecule has 1 aromatic carbocycles. The van der Waals surface area contributed by atoms with Gasteiger partial charge < -0.3 is 4.74 Å². The van der Waals surface area contributed by atoms with E-state index in [1.807, 2.05) is 18.2 Å². The van der Waals surface area contributed by atoms with Crippen molar-refractivity contribution in [2.45, 2.75) is 13.8 Å². The second-order valence-corrected chi connectivity index (χ2v) is 2.50. The summed E-state index contributed by atoms with van der Waals surface area (Å²) < 4.78 is 17.7. The Morgan fingerprint density at radius 3 is 2.25 bits per heavy atom. The third kappa shape index (κ3) is 2.38. The van der Waals surface area contributed by atoms with E-state index in [9.17, 15) is 4.39 Å². The predicted molar refractivity (Wildman–Crippen MR) is 46.6 cm³/mol. The number of rotatable bonds is 2. The number of allylic oxidation sites excluding steroid dienone is 2. The highest BCUT2D eigenvalue weighted by atomic mass is 19.1. The zero-order valence-electron chi connectivity index (χ0n) is 7.17. The topological polar surface area (TPSA) is 9.23 Å². The summed E-state index contributed by atoms with van der Waals surface area (Å²) in [5, 5.41) is 0. The minimum Gasteiger partial charge on any atom is -0.459 e. The smallest absolute Gasteiger partial charge is 0.135 e. The molecule has 0 fully saturated rings. The monoisotopic (exact) mass is 166 g/mol. The van der Waals surface area contributed by atoms with Gasteiger partial charge >= 0.3 is 0 Å². The third-order valence-electron chi connectivity index (χ3n) is 1.50. The van der Waals surface area contributed by atoms with E-state index >= 15 is 0 Å². The SMILES string of the molecule is CC(F)=C(C)Oc1ccccc1. The lowest BCUT2D eigenvalue weighted by molar-refractivity contribution is 0.398. The first-order valence-electron chi connectivity index (χ1n) is 3.76. The summed E-state index contributed by atoms with van der Waals surface area (Å²) in [5.41, 5.74) is 0. The van der Waals surface area contributed by atoms with Gasteiger partial charge in [0.2, 0.25) is 0 Å². The summed E-state index contributed by atoms with van der Waals surface area (Å²) in [6, 6.07) is 9.14. The highest BCUT2D eigenvalue weighted by molar-refractivity contribution is 5.23. The van der Waals surface area contributed by atoms with Crippen LogP contribution < -0.4 is 4.74 Å². The lowest BCUT2D eigenvalue weighted by Crippen LogP contribution is -1.91. The molecule has 0 spiro atoms. The molecule has 0 heterocycles. The van der Waals surface area contributed by atoms with Crippen LogP contribution in [0.3, 0.4) is 0 Å². The zero-order chi connectivity index (χ0) is 8.97. The first-order valence-corrected chi connectivity index (χ1v) is 3.76. The molecule has 0 aliphatic rings. The lowest BCUT2D eigenvalue weighted by Gasteiger charge is -2.04. The Hall–Kier alpha value is -1.31. The fourth-order valence-corrected chi connectivity index (χ4v) is 0.736. The molecule has 0 saturated heterocycles. The number of hydrogen-bond donors (Lipinski definition) is 0. The first kappa shape index (κ1) is 8.78. The van der Waals surface area contributed by atoms with Gasteiger partial charge in [-0.05, 0) is 26.0 Å². The Balaban J connectivity index is 2.72. The van der Waals surface area contributed by atoms with E-state index in [0.717, 1.165) is 0 Å². The highest BCUT2D eigenvalue weighted by Crippen LogP contribution is 2.14. The summed E-state index contributed by atoms with van der Waals surface area (Å²) in [4.78, 5) is 0. The summed E-state index contributed by atoms with van der Waals surface area (Å²) in [7, 11) is 0. The van der Waals surface area contributed by atoms with Crippen LogP contribution in [0, 0.1) is 0 Å². The van der Waals surface area contributed by atoms with Crippen molar-refractivity contribution in [2.24, 2.45) is 0 Å². The molecular formula is C10H11FO. The van der Waals surface area contributed by atoms with Gasteiger partial charge in [-0.25, -0.2) is 4.39 Å². The summed E-state index contributed by atoms with van der Waals surface area (Å²) >= 11 is 0. The molecule has 0 unspecified atom stereocenters. The standard InChI is InChI=1S/C10H11FO/c1-8(11)9(2)12-10-6-4-3-5-7-10/h3-7H,1-2H3. The second-order valence-electron chi connectivity index (χ2n) is 2.50. The maximum Gasteiger partial charge on any atom is 0.135 e. The van der Waals surface area contributed by atoms with Gasteiger partial charge in [0, 0.05) is 0 Å². The zero-order valence-corrected chi connectivity index (χ0v) is 7.17. The van der Waals surface area contributed by atoms with Crippen molar-refractivity contribution in [2.75, 3.05) is 0 Å². The highest BCUT2D eigenvalue weighted by Gasteiger charge is 1.97. The van der Waals surface area contributed by atoms with Crippen molar-refractivity contribution in [3.63, 3.8) is 0 Å². The molecule has 1 nitrogen and oxygen atoms in total. The van der Waals surface area contributed by atoms with E-state index in [2.05, 4.69) is 0 Å². The Kier molecular flexibility index (Phi) is 2.86. The molecule has 0 aliphatic carbocycles. The summed E-state index contributed by atoms with van der Waals surface area (Å²) in [5.74, 6) is 0.673. The quantitative estimate of drug-likeness (QED) is 0.612. The molecule has 0 atom stereocenters. The molecule has 0 aliphatic heterocycles. The van der Waals surface area contributed by atoms with Gasteiger partial charge in [-0.1, -0.05) is 18.2 Å². The minimum atomic E-state index is -0.293. The van der Waals surface area contributed by atoms with Crippen molar-refractivity contribution in [1.29, 1.82) is 0 Å². The number of halogens is 1. The predicted octanol–water partition coefficient (Wildman–Crippen LogP) is 3.29. The van der Waals surface area contributed by atoms with Gasteiger partial charge in [0.15, 0.2) is 0 Å². The van der Waals surface area contributed by atoms with Crippen molar-refractivity contribution in [1.82, 2.24) is 0 Å². The molecule has 1 rings (SSSR count). The van der Waals surface area contributed by atoms with Crippen LogP contribution >= 0.6 is 0 Å².